The number of para-hydroxylation sites is 1. The maximum absolute atomic E-state index is 12.5. The second-order valence-electron chi connectivity index (χ2n) is 7.22. The Balaban J connectivity index is 1.64. The fraction of sp³-hybridized carbons (Fsp3) is 0.348. The van der Waals surface area contributed by atoms with Gasteiger partial charge in [0.1, 0.15) is 5.75 Å². The number of amides is 1. The molecular formula is C23H28N2O3. The number of carbonyl (C=O) groups is 1. The number of aliphatic hydroxyl groups excluding tert-OH is 1. The molecule has 3 rings (SSSR count). The Hall–Kier alpha value is -2.63. The molecule has 1 saturated heterocycles. The van der Waals surface area contributed by atoms with Gasteiger partial charge in [0, 0.05) is 37.0 Å². The number of nitrogens with one attached hydrogen (secondary N) is 1. The summed E-state index contributed by atoms with van der Waals surface area (Å²) >= 11 is 0. The predicted molar refractivity (Wildman–Crippen MR) is 112 cm³/mol. The van der Waals surface area contributed by atoms with Crippen molar-refractivity contribution < 1.29 is 14.6 Å². The van der Waals surface area contributed by atoms with Gasteiger partial charge < -0.3 is 15.2 Å². The largest absolute Gasteiger partial charge is 0.496 e. The van der Waals surface area contributed by atoms with Crippen LogP contribution in [0.3, 0.4) is 0 Å². The van der Waals surface area contributed by atoms with E-state index in [1.54, 1.807) is 13.2 Å². The third-order valence-corrected chi connectivity index (χ3v) is 5.04. The van der Waals surface area contributed by atoms with Crippen LogP contribution in [0.2, 0.25) is 0 Å². The van der Waals surface area contributed by atoms with E-state index in [-0.39, 0.29) is 12.0 Å². The zero-order chi connectivity index (χ0) is 19.9. The number of hydrogen-bond acceptors (Lipinski definition) is 4. The minimum Gasteiger partial charge on any atom is -0.496 e. The van der Waals surface area contributed by atoms with Gasteiger partial charge in [0.05, 0.1) is 13.2 Å². The molecule has 0 bridgehead atoms. The molecule has 1 heterocycles. The molecule has 0 saturated carbocycles. The minimum atomic E-state index is -0.167. The molecule has 0 unspecified atom stereocenters. The number of methoxy groups -OCH3 is 1. The summed E-state index contributed by atoms with van der Waals surface area (Å²) in [6, 6.07) is 15.6. The van der Waals surface area contributed by atoms with E-state index in [0.717, 1.165) is 60.6 Å². The third kappa shape index (κ3) is 5.44. The zero-order valence-electron chi connectivity index (χ0n) is 16.5. The zero-order valence-corrected chi connectivity index (χ0v) is 16.5. The fourth-order valence-electron chi connectivity index (χ4n) is 3.51. The van der Waals surface area contributed by atoms with Gasteiger partial charge >= 0.3 is 0 Å². The minimum absolute atomic E-state index is 0.165. The quantitative estimate of drug-likeness (QED) is 0.751. The molecule has 0 aromatic heterocycles. The smallest absolute Gasteiger partial charge is 0.248 e. The first-order chi connectivity index (χ1) is 13.5. The molecule has 1 amide bonds. The highest BCUT2D eigenvalue weighted by Crippen LogP contribution is 2.25. The second kappa shape index (κ2) is 9.53. The van der Waals surface area contributed by atoms with Gasteiger partial charge in [-0.2, -0.15) is 0 Å². The summed E-state index contributed by atoms with van der Waals surface area (Å²) in [5.74, 6) is 0.583. The van der Waals surface area contributed by atoms with Crippen molar-refractivity contribution in [3.63, 3.8) is 0 Å². The highest BCUT2D eigenvalue weighted by molar-refractivity contribution is 6.04. The number of hydrogen-bond donors (Lipinski definition) is 2. The molecule has 2 aromatic carbocycles. The van der Waals surface area contributed by atoms with E-state index in [0.29, 0.717) is 0 Å². The van der Waals surface area contributed by atoms with Crippen molar-refractivity contribution in [3.8, 4) is 5.75 Å². The first-order valence-electron chi connectivity index (χ1n) is 9.67. The number of allylic oxidation sites excluding steroid dienone is 1. The lowest BCUT2D eigenvalue weighted by Crippen LogP contribution is -2.35. The van der Waals surface area contributed by atoms with Gasteiger partial charge in [-0.15, -0.1) is 0 Å². The molecule has 1 fully saturated rings. The van der Waals surface area contributed by atoms with Crippen LogP contribution in [0.25, 0.3) is 5.57 Å². The normalized spacial score (nSPS) is 16.0. The van der Waals surface area contributed by atoms with Gasteiger partial charge in [-0.25, -0.2) is 0 Å². The molecule has 0 spiro atoms. The lowest BCUT2D eigenvalue weighted by Gasteiger charge is -2.29. The summed E-state index contributed by atoms with van der Waals surface area (Å²) in [6.45, 7) is 4.53. The van der Waals surface area contributed by atoms with Crippen molar-refractivity contribution in [3.05, 3.63) is 65.7 Å². The van der Waals surface area contributed by atoms with E-state index >= 15 is 0 Å². The van der Waals surface area contributed by atoms with Gasteiger partial charge in [-0.05, 0) is 49.1 Å². The van der Waals surface area contributed by atoms with Gasteiger partial charge in [0.15, 0.2) is 0 Å². The monoisotopic (exact) mass is 380 g/mol. The van der Waals surface area contributed by atoms with Crippen LogP contribution >= 0.6 is 0 Å². The molecule has 28 heavy (non-hydrogen) atoms. The fourth-order valence-corrected chi connectivity index (χ4v) is 3.51. The van der Waals surface area contributed by atoms with Crippen molar-refractivity contribution in [1.29, 1.82) is 0 Å². The van der Waals surface area contributed by atoms with E-state index in [4.69, 9.17) is 4.74 Å². The van der Waals surface area contributed by atoms with Crippen molar-refractivity contribution in [2.45, 2.75) is 32.4 Å². The number of aliphatic hydroxyl groups is 1. The van der Waals surface area contributed by atoms with Crippen LogP contribution in [0.15, 0.2) is 54.6 Å². The van der Waals surface area contributed by atoms with Gasteiger partial charge in [0.25, 0.3) is 0 Å². The van der Waals surface area contributed by atoms with Gasteiger partial charge in [0.2, 0.25) is 5.91 Å². The van der Waals surface area contributed by atoms with Crippen LogP contribution in [0, 0.1) is 0 Å². The third-order valence-electron chi connectivity index (χ3n) is 5.04. The molecule has 5 nitrogen and oxygen atoms in total. The van der Waals surface area contributed by atoms with Gasteiger partial charge in [-0.1, -0.05) is 30.3 Å². The first-order valence-corrected chi connectivity index (χ1v) is 9.67. The summed E-state index contributed by atoms with van der Waals surface area (Å²) in [7, 11) is 1.63. The van der Waals surface area contributed by atoms with Gasteiger partial charge in [-0.3, -0.25) is 9.69 Å². The summed E-state index contributed by atoms with van der Waals surface area (Å²) in [6.07, 6.45) is 3.07. The number of likely N-dealkylation sites (tertiary alicyclic amines) is 1. The molecule has 2 N–H and O–H groups in total. The predicted octanol–water partition coefficient (Wildman–Crippen LogP) is 3.69. The summed E-state index contributed by atoms with van der Waals surface area (Å²) < 4.78 is 5.37. The summed E-state index contributed by atoms with van der Waals surface area (Å²) in [4.78, 5) is 14.8. The Bertz CT molecular complexity index is 839. The second-order valence-corrected chi connectivity index (χ2v) is 7.22. The van der Waals surface area contributed by atoms with E-state index in [9.17, 15) is 9.90 Å². The van der Waals surface area contributed by atoms with Crippen molar-refractivity contribution in [1.82, 2.24) is 4.90 Å². The number of ether oxygens (including phenoxy) is 1. The summed E-state index contributed by atoms with van der Waals surface area (Å²) in [5, 5.41) is 12.6. The number of rotatable bonds is 6. The molecule has 2 aromatic rings. The van der Waals surface area contributed by atoms with E-state index in [1.165, 1.54) is 0 Å². The molecule has 0 atom stereocenters. The standard InChI is InChI=1S/C23H28N2O3/c1-17(21-8-3-4-9-22(21)28-2)14-23(27)24-19-7-5-6-18(15-19)16-25-12-10-20(26)11-13-25/h3-9,14-15,20,26H,10-13,16H2,1-2H3,(H,24,27). The molecule has 148 valence electrons. The van der Waals surface area contributed by atoms with Crippen LogP contribution in [0.5, 0.6) is 5.75 Å². The van der Waals surface area contributed by atoms with Crippen LogP contribution in [-0.2, 0) is 11.3 Å². The van der Waals surface area contributed by atoms with Crippen molar-refractivity contribution in [2.75, 3.05) is 25.5 Å². The SMILES string of the molecule is COc1ccccc1C(C)=CC(=O)Nc1cccc(CN2CCC(O)CC2)c1. The molecule has 0 radical (unpaired) electrons. The molecular weight excluding hydrogens is 352 g/mol. The lowest BCUT2D eigenvalue weighted by molar-refractivity contribution is -0.111. The van der Waals surface area contributed by atoms with Crippen molar-refractivity contribution in [2.24, 2.45) is 0 Å². The van der Waals surface area contributed by atoms with Crippen LogP contribution in [0.1, 0.15) is 30.9 Å². The van der Waals surface area contributed by atoms with Crippen LogP contribution in [0.4, 0.5) is 5.69 Å². The number of carbonyl (C=O) groups excluding carboxylic acids is 1. The average molecular weight is 380 g/mol. The maximum Gasteiger partial charge on any atom is 0.248 e. The Labute approximate surface area is 166 Å². The first kappa shape index (κ1) is 20.1. The average Bonchev–Trinajstić information content (AvgIpc) is 2.70. The number of nitrogens with zero attached hydrogens (tertiary/aromatic N) is 1. The van der Waals surface area contributed by atoms with Crippen molar-refractivity contribution >= 4 is 17.2 Å². The Morgan fingerprint density at radius 1 is 1.21 bits per heavy atom. The van der Waals surface area contributed by atoms with Crippen LogP contribution in [-0.4, -0.2) is 42.2 Å². The number of anilines is 1. The molecule has 1 aliphatic rings. The van der Waals surface area contributed by atoms with Crippen LogP contribution < -0.4 is 10.1 Å². The molecule has 0 aliphatic carbocycles. The topological polar surface area (TPSA) is 61.8 Å². The Morgan fingerprint density at radius 2 is 1.96 bits per heavy atom. The highest BCUT2D eigenvalue weighted by atomic mass is 16.5. The van der Waals surface area contributed by atoms with E-state index in [2.05, 4.69) is 16.3 Å². The van der Waals surface area contributed by atoms with E-state index in [1.807, 2.05) is 49.4 Å². The van der Waals surface area contributed by atoms with E-state index < -0.39 is 0 Å². The molecule has 5 heteroatoms. The lowest BCUT2D eigenvalue weighted by atomic mass is 10.1. The molecule has 1 aliphatic heterocycles. The highest BCUT2D eigenvalue weighted by Gasteiger charge is 2.17. The maximum atomic E-state index is 12.5. The number of piperidine rings is 1. The number of benzene rings is 2. The Morgan fingerprint density at radius 3 is 2.71 bits per heavy atom. The summed E-state index contributed by atoms with van der Waals surface area (Å²) in [5.41, 5.74) is 3.68. The Kier molecular flexibility index (Phi) is 6.85.